The lowest BCUT2D eigenvalue weighted by molar-refractivity contribution is -0.109. The van der Waals surface area contributed by atoms with E-state index in [1.807, 2.05) is 0 Å². The molecule has 1 heterocycles. The molecule has 2 nitrogen and oxygen atoms in total. The topological polar surface area (TPSA) is 30.0 Å². The first-order valence-electron chi connectivity index (χ1n) is 3.84. The molecule has 0 amide bonds. The van der Waals surface area contributed by atoms with Gasteiger partial charge in [-0.3, -0.25) is 4.98 Å². The zero-order valence-corrected chi connectivity index (χ0v) is 6.46. The Hall–Kier alpha value is -1.25. The maximum Gasteiger partial charge on any atom is 0.141 e. The molecule has 1 fully saturated rings. The van der Waals surface area contributed by atoms with Crippen LogP contribution in [0.25, 0.3) is 0 Å². The quantitative estimate of drug-likeness (QED) is 0.621. The van der Waals surface area contributed by atoms with E-state index in [-0.39, 0.29) is 5.82 Å². The maximum atomic E-state index is 12.7. The number of carbonyl (C=O) groups excluding carboxylic acids is 1. The van der Waals surface area contributed by atoms with Gasteiger partial charge in [0.2, 0.25) is 0 Å². The second-order valence-corrected chi connectivity index (χ2v) is 3.17. The SMILES string of the molecule is O=CC1(c2cncc(F)c2)CC1. The number of hydrogen-bond acceptors (Lipinski definition) is 2. The molecule has 0 unspecified atom stereocenters. The fourth-order valence-corrected chi connectivity index (χ4v) is 1.29. The molecule has 1 aliphatic carbocycles. The molecule has 0 bridgehead atoms. The van der Waals surface area contributed by atoms with E-state index in [4.69, 9.17) is 0 Å². The van der Waals surface area contributed by atoms with Crippen molar-refractivity contribution in [2.45, 2.75) is 18.3 Å². The monoisotopic (exact) mass is 165 g/mol. The van der Waals surface area contributed by atoms with E-state index in [1.54, 1.807) is 6.20 Å². The molecule has 0 saturated heterocycles. The Morgan fingerprint density at radius 2 is 2.25 bits per heavy atom. The Labute approximate surface area is 69.4 Å². The highest BCUT2D eigenvalue weighted by Crippen LogP contribution is 2.45. The zero-order chi connectivity index (χ0) is 8.60. The summed E-state index contributed by atoms with van der Waals surface area (Å²) in [5, 5.41) is 0. The molecule has 0 radical (unpaired) electrons. The van der Waals surface area contributed by atoms with Crippen LogP contribution in [0.4, 0.5) is 4.39 Å². The smallest absolute Gasteiger partial charge is 0.141 e. The summed E-state index contributed by atoms with van der Waals surface area (Å²) in [6.45, 7) is 0. The average molecular weight is 165 g/mol. The van der Waals surface area contributed by atoms with Crippen LogP contribution in [0.3, 0.4) is 0 Å². The van der Waals surface area contributed by atoms with Gasteiger partial charge in [-0.05, 0) is 24.5 Å². The summed E-state index contributed by atoms with van der Waals surface area (Å²) in [5.74, 6) is -0.374. The highest BCUT2D eigenvalue weighted by atomic mass is 19.1. The Morgan fingerprint density at radius 3 is 2.75 bits per heavy atom. The molecule has 3 heteroatoms. The molecule has 1 aromatic rings. The number of rotatable bonds is 2. The van der Waals surface area contributed by atoms with E-state index >= 15 is 0 Å². The summed E-state index contributed by atoms with van der Waals surface area (Å²) < 4.78 is 12.7. The maximum absolute atomic E-state index is 12.7. The summed E-state index contributed by atoms with van der Waals surface area (Å²) >= 11 is 0. The van der Waals surface area contributed by atoms with Crippen molar-refractivity contribution in [3.8, 4) is 0 Å². The minimum absolute atomic E-state index is 0.374. The minimum Gasteiger partial charge on any atom is -0.302 e. The van der Waals surface area contributed by atoms with Crippen molar-refractivity contribution in [2.75, 3.05) is 0 Å². The first kappa shape index (κ1) is 7.40. The minimum atomic E-state index is -0.408. The molecule has 0 aliphatic heterocycles. The average Bonchev–Trinajstić information content (AvgIpc) is 2.84. The molecule has 0 N–H and O–H groups in total. The van der Waals surface area contributed by atoms with E-state index in [0.29, 0.717) is 5.56 Å². The van der Waals surface area contributed by atoms with Crippen LogP contribution in [0, 0.1) is 5.82 Å². The number of aromatic nitrogens is 1. The Kier molecular flexibility index (Phi) is 1.46. The number of pyridine rings is 1. The van der Waals surface area contributed by atoms with E-state index in [1.165, 1.54) is 6.07 Å². The second-order valence-electron chi connectivity index (χ2n) is 3.17. The van der Waals surface area contributed by atoms with E-state index in [0.717, 1.165) is 25.3 Å². The number of nitrogens with zero attached hydrogens (tertiary/aromatic N) is 1. The lowest BCUT2D eigenvalue weighted by Gasteiger charge is -2.05. The molecular formula is C9H8FNO. The van der Waals surface area contributed by atoms with E-state index in [2.05, 4.69) is 4.98 Å². The van der Waals surface area contributed by atoms with Crippen molar-refractivity contribution in [1.29, 1.82) is 0 Å². The van der Waals surface area contributed by atoms with E-state index in [9.17, 15) is 9.18 Å². The third kappa shape index (κ3) is 1.02. The third-order valence-electron chi connectivity index (χ3n) is 2.29. The normalized spacial score (nSPS) is 18.8. The molecule has 62 valence electrons. The molecule has 1 aliphatic rings. The predicted molar refractivity (Wildman–Crippen MR) is 41.2 cm³/mol. The zero-order valence-electron chi connectivity index (χ0n) is 6.46. The first-order chi connectivity index (χ1) is 5.77. The number of hydrogen-bond donors (Lipinski definition) is 0. The highest BCUT2D eigenvalue weighted by molar-refractivity contribution is 5.72. The summed E-state index contributed by atoms with van der Waals surface area (Å²) in [4.78, 5) is 14.4. The number of aldehydes is 1. The van der Waals surface area contributed by atoms with Crippen LogP contribution in [0.15, 0.2) is 18.5 Å². The van der Waals surface area contributed by atoms with Crippen molar-refractivity contribution in [1.82, 2.24) is 4.98 Å². The van der Waals surface area contributed by atoms with Crippen LogP contribution in [0.2, 0.25) is 0 Å². The number of carbonyl (C=O) groups is 1. The fraction of sp³-hybridized carbons (Fsp3) is 0.333. The molecule has 2 rings (SSSR count). The van der Waals surface area contributed by atoms with Gasteiger partial charge in [-0.25, -0.2) is 4.39 Å². The fourth-order valence-electron chi connectivity index (χ4n) is 1.29. The van der Waals surface area contributed by atoms with Gasteiger partial charge >= 0.3 is 0 Å². The van der Waals surface area contributed by atoms with Gasteiger partial charge in [0.05, 0.1) is 11.6 Å². The van der Waals surface area contributed by atoms with Gasteiger partial charge in [0.1, 0.15) is 12.1 Å². The molecule has 1 aromatic heterocycles. The summed E-state index contributed by atoms with van der Waals surface area (Å²) in [7, 11) is 0. The van der Waals surface area contributed by atoms with Gasteiger partial charge in [0.25, 0.3) is 0 Å². The van der Waals surface area contributed by atoms with Gasteiger partial charge in [-0.2, -0.15) is 0 Å². The van der Waals surface area contributed by atoms with Crippen molar-refractivity contribution in [2.24, 2.45) is 0 Å². The lowest BCUT2D eigenvalue weighted by Crippen LogP contribution is -2.08. The van der Waals surface area contributed by atoms with Crippen molar-refractivity contribution in [3.63, 3.8) is 0 Å². The van der Waals surface area contributed by atoms with Crippen molar-refractivity contribution in [3.05, 3.63) is 29.8 Å². The van der Waals surface area contributed by atoms with Crippen molar-refractivity contribution < 1.29 is 9.18 Å². The van der Waals surface area contributed by atoms with Gasteiger partial charge in [-0.15, -0.1) is 0 Å². The van der Waals surface area contributed by atoms with Gasteiger partial charge in [0, 0.05) is 6.20 Å². The number of halogens is 1. The third-order valence-corrected chi connectivity index (χ3v) is 2.29. The molecular weight excluding hydrogens is 157 g/mol. The van der Waals surface area contributed by atoms with Crippen LogP contribution in [-0.2, 0) is 10.2 Å². The van der Waals surface area contributed by atoms with Crippen LogP contribution in [0.5, 0.6) is 0 Å². The second kappa shape index (κ2) is 2.37. The standard InChI is InChI=1S/C9H8FNO/c10-8-3-7(4-11-5-8)9(6-12)1-2-9/h3-6H,1-2H2. The Bertz CT molecular complexity index is 320. The molecule has 0 atom stereocenters. The van der Waals surface area contributed by atoms with Crippen LogP contribution in [-0.4, -0.2) is 11.3 Å². The first-order valence-corrected chi connectivity index (χ1v) is 3.84. The van der Waals surface area contributed by atoms with Crippen LogP contribution >= 0.6 is 0 Å². The Morgan fingerprint density at radius 1 is 1.50 bits per heavy atom. The highest BCUT2D eigenvalue weighted by Gasteiger charge is 2.44. The van der Waals surface area contributed by atoms with Gasteiger partial charge < -0.3 is 4.79 Å². The molecule has 0 aromatic carbocycles. The van der Waals surface area contributed by atoms with Gasteiger partial charge in [0.15, 0.2) is 0 Å². The largest absolute Gasteiger partial charge is 0.302 e. The van der Waals surface area contributed by atoms with Crippen LogP contribution in [0.1, 0.15) is 18.4 Å². The van der Waals surface area contributed by atoms with Gasteiger partial charge in [-0.1, -0.05) is 0 Å². The van der Waals surface area contributed by atoms with E-state index < -0.39 is 5.41 Å². The van der Waals surface area contributed by atoms with Crippen LogP contribution < -0.4 is 0 Å². The molecule has 1 saturated carbocycles. The summed E-state index contributed by atoms with van der Waals surface area (Å²) in [6, 6.07) is 1.38. The molecule has 0 spiro atoms. The summed E-state index contributed by atoms with van der Waals surface area (Å²) in [6.07, 6.45) is 5.24. The predicted octanol–water partition coefficient (Wildman–Crippen LogP) is 1.45. The molecule has 12 heavy (non-hydrogen) atoms. The van der Waals surface area contributed by atoms with Crippen molar-refractivity contribution >= 4 is 6.29 Å². The lowest BCUT2D eigenvalue weighted by atomic mass is 10.0. The Balaban J connectivity index is 2.40. The summed E-state index contributed by atoms with van der Waals surface area (Å²) in [5.41, 5.74) is 0.298.